The van der Waals surface area contributed by atoms with Crippen LogP contribution in [0.5, 0.6) is 0 Å². The molecule has 1 aliphatic heterocycles. The highest BCUT2D eigenvalue weighted by molar-refractivity contribution is 4.91. The highest BCUT2D eigenvalue weighted by Crippen LogP contribution is 2.20. The molecule has 1 saturated heterocycles. The fourth-order valence-electron chi connectivity index (χ4n) is 2.18. The lowest BCUT2D eigenvalue weighted by Gasteiger charge is -2.29. The van der Waals surface area contributed by atoms with E-state index in [9.17, 15) is 0 Å². The first-order valence-corrected chi connectivity index (χ1v) is 5.68. The number of rotatable bonds is 4. The third kappa shape index (κ3) is 2.58. The maximum atomic E-state index is 5.62. The Bertz CT molecular complexity index is 321. The molecule has 0 saturated carbocycles. The van der Waals surface area contributed by atoms with Gasteiger partial charge in [0, 0.05) is 32.7 Å². The highest BCUT2D eigenvalue weighted by atomic mass is 16.5. The van der Waals surface area contributed by atoms with Gasteiger partial charge < -0.3 is 4.74 Å². The summed E-state index contributed by atoms with van der Waals surface area (Å²) in [5.41, 5.74) is 2.90. The number of aromatic nitrogens is 3. The Labute approximate surface area is 95.1 Å². The standard InChI is InChI=1S/C10H19N5O/c1-15-10(12-7-13-15)6-9(14-11)8-2-4-16-5-3-8/h7-9,14H,2-6,11H2,1H3. The second-order valence-electron chi connectivity index (χ2n) is 4.23. The Hall–Kier alpha value is -0.980. The van der Waals surface area contributed by atoms with E-state index in [-0.39, 0.29) is 6.04 Å². The molecule has 1 fully saturated rings. The molecule has 6 nitrogen and oxygen atoms in total. The molecule has 2 rings (SSSR count). The molecule has 1 aromatic rings. The van der Waals surface area contributed by atoms with Crippen molar-refractivity contribution in [2.45, 2.75) is 25.3 Å². The quantitative estimate of drug-likeness (QED) is 0.539. The van der Waals surface area contributed by atoms with Crippen LogP contribution in [0.1, 0.15) is 18.7 Å². The van der Waals surface area contributed by atoms with Crippen LogP contribution in [0.25, 0.3) is 0 Å². The van der Waals surface area contributed by atoms with Crippen molar-refractivity contribution in [3.05, 3.63) is 12.2 Å². The summed E-state index contributed by atoms with van der Waals surface area (Å²) >= 11 is 0. The molecule has 1 unspecified atom stereocenters. The van der Waals surface area contributed by atoms with E-state index >= 15 is 0 Å². The molecule has 0 amide bonds. The number of aryl methyl sites for hydroxylation is 1. The maximum absolute atomic E-state index is 5.62. The second kappa shape index (κ2) is 5.38. The second-order valence-corrected chi connectivity index (χ2v) is 4.23. The van der Waals surface area contributed by atoms with E-state index in [4.69, 9.17) is 10.6 Å². The molecule has 1 atom stereocenters. The van der Waals surface area contributed by atoms with E-state index in [0.717, 1.165) is 38.3 Å². The molecule has 0 bridgehead atoms. The summed E-state index contributed by atoms with van der Waals surface area (Å²) in [6.07, 6.45) is 4.52. The summed E-state index contributed by atoms with van der Waals surface area (Å²) in [7, 11) is 1.90. The molecule has 0 aliphatic carbocycles. The minimum Gasteiger partial charge on any atom is -0.381 e. The summed E-state index contributed by atoms with van der Waals surface area (Å²) < 4.78 is 7.15. The SMILES string of the molecule is Cn1ncnc1CC(NN)C1CCOCC1. The van der Waals surface area contributed by atoms with E-state index in [2.05, 4.69) is 15.5 Å². The zero-order chi connectivity index (χ0) is 11.4. The van der Waals surface area contributed by atoms with Crippen molar-refractivity contribution in [1.82, 2.24) is 20.2 Å². The van der Waals surface area contributed by atoms with Crippen molar-refractivity contribution in [3.63, 3.8) is 0 Å². The molecule has 16 heavy (non-hydrogen) atoms. The van der Waals surface area contributed by atoms with Gasteiger partial charge in [-0.1, -0.05) is 0 Å². The monoisotopic (exact) mass is 225 g/mol. The summed E-state index contributed by atoms with van der Waals surface area (Å²) in [5.74, 6) is 7.15. The number of nitrogens with one attached hydrogen (secondary N) is 1. The fraction of sp³-hybridized carbons (Fsp3) is 0.800. The topological polar surface area (TPSA) is 78.0 Å². The Morgan fingerprint density at radius 2 is 2.38 bits per heavy atom. The lowest BCUT2D eigenvalue weighted by atomic mass is 9.90. The van der Waals surface area contributed by atoms with Crippen molar-refractivity contribution in [3.8, 4) is 0 Å². The number of hydrazine groups is 1. The zero-order valence-electron chi connectivity index (χ0n) is 9.59. The molecule has 2 heterocycles. The molecule has 1 aliphatic rings. The first-order valence-electron chi connectivity index (χ1n) is 5.68. The predicted molar refractivity (Wildman–Crippen MR) is 59.4 cm³/mol. The molecule has 0 aromatic carbocycles. The third-order valence-electron chi connectivity index (χ3n) is 3.26. The lowest BCUT2D eigenvalue weighted by Crippen LogP contribution is -2.44. The molecule has 0 radical (unpaired) electrons. The van der Waals surface area contributed by atoms with Gasteiger partial charge in [0.15, 0.2) is 0 Å². The highest BCUT2D eigenvalue weighted by Gasteiger charge is 2.24. The Morgan fingerprint density at radius 3 is 2.94 bits per heavy atom. The van der Waals surface area contributed by atoms with Gasteiger partial charge in [0.2, 0.25) is 0 Å². The van der Waals surface area contributed by atoms with Gasteiger partial charge in [0.05, 0.1) is 0 Å². The number of hydrogen-bond acceptors (Lipinski definition) is 5. The number of ether oxygens (including phenoxy) is 1. The predicted octanol–water partition coefficient (Wildman–Crippen LogP) is -0.384. The zero-order valence-corrected chi connectivity index (χ0v) is 9.59. The lowest BCUT2D eigenvalue weighted by molar-refractivity contribution is 0.0534. The van der Waals surface area contributed by atoms with Crippen molar-refractivity contribution in [2.24, 2.45) is 18.8 Å². The van der Waals surface area contributed by atoms with Crippen LogP contribution in [-0.4, -0.2) is 34.0 Å². The average molecular weight is 225 g/mol. The van der Waals surface area contributed by atoms with Gasteiger partial charge in [-0.25, -0.2) is 4.98 Å². The first kappa shape index (κ1) is 11.5. The van der Waals surface area contributed by atoms with E-state index in [1.165, 1.54) is 0 Å². The average Bonchev–Trinajstić information content (AvgIpc) is 2.73. The number of nitrogens with zero attached hydrogens (tertiary/aromatic N) is 3. The van der Waals surface area contributed by atoms with Crippen LogP contribution in [-0.2, 0) is 18.2 Å². The summed E-state index contributed by atoms with van der Waals surface area (Å²) in [6, 6.07) is 0.256. The van der Waals surface area contributed by atoms with E-state index < -0.39 is 0 Å². The van der Waals surface area contributed by atoms with Gasteiger partial charge in [-0.2, -0.15) is 5.10 Å². The van der Waals surface area contributed by atoms with E-state index in [1.807, 2.05) is 7.05 Å². The molecule has 6 heteroatoms. The van der Waals surface area contributed by atoms with Crippen LogP contribution < -0.4 is 11.3 Å². The van der Waals surface area contributed by atoms with Gasteiger partial charge in [-0.05, 0) is 18.8 Å². The summed E-state index contributed by atoms with van der Waals surface area (Å²) in [5, 5.41) is 4.06. The molecule has 3 N–H and O–H groups in total. The van der Waals surface area contributed by atoms with Gasteiger partial charge in [0.1, 0.15) is 12.2 Å². The maximum Gasteiger partial charge on any atom is 0.138 e. The summed E-state index contributed by atoms with van der Waals surface area (Å²) in [6.45, 7) is 1.67. The normalized spacial score (nSPS) is 19.9. The van der Waals surface area contributed by atoms with Crippen molar-refractivity contribution < 1.29 is 4.74 Å². The van der Waals surface area contributed by atoms with Crippen LogP contribution in [0.2, 0.25) is 0 Å². The van der Waals surface area contributed by atoms with Crippen LogP contribution in [0.4, 0.5) is 0 Å². The largest absolute Gasteiger partial charge is 0.381 e. The smallest absolute Gasteiger partial charge is 0.138 e. The fourth-order valence-corrected chi connectivity index (χ4v) is 2.18. The first-order chi connectivity index (χ1) is 7.81. The van der Waals surface area contributed by atoms with E-state index in [1.54, 1.807) is 11.0 Å². The molecule has 0 spiro atoms. The number of nitrogens with two attached hydrogens (primary N) is 1. The van der Waals surface area contributed by atoms with Gasteiger partial charge in [-0.3, -0.25) is 16.0 Å². The van der Waals surface area contributed by atoms with Crippen molar-refractivity contribution >= 4 is 0 Å². The van der Waals surface area contributed by atoms with Crippen molar-refractivity contribution in [2.75, 3.05) is 13.2 Å². The van der Waals surface area contributed by atoms with Crippen LogP contribution >= 0.6 is 0 Å². The number of hydrogen-bond donors (Lipinski definition) is 2. The molecular formula is C10H19N5O. The van der Waals surface area contributed by atoms with E-state index in [0.29, 0.717) is 5.92 Å². The van der Waals surface area contributed by atoms with Gasteiger partial charge in [0.25, 0.3) is 0 Å². The van der Waals surface area contributed by atoms with Crippen LogP contribution in [0, 0.1) is 5.92 Å². The van der Waals surface area contributed by atoms with Crippen molar-refractivity contribution in [1.29, 1.82) is 0 Å². The van der Waals surface area contributed by atoms with Crippen LogP contribution in [0.3, 0.4) is 0 Å². The minimum atomic E-state index is 0.256. The molecule has 90 valence electrons. The molecular weight excluding hydrogens is 206 g/mol. The van der Waals surface area contributed by atoms with Gasteiger partial charge in [-0.15, -0.1) is 0 Å². The Balaban J connectivity index is 1.97. The minimum absolute atomic E-state index is 0.256. The Morgan fingerprint density at radius 1 is 1.62 bits per heavy atom. The Kier molecular flexibility index (Phi) is 3.87. The molecule has 1 aromatic heterocycles. The van der Waals surface area contributed by atoms with Crippen LogP contribution in [0.15, 0.2) is 6.33 Å². The third-order valence-corrected chi connectivity index (χ3v) is 3.26. The summed E-state index contributed by atoms with van der Waals surface area (Å²) in [4.78, 5) is 4.22. The van der Waals surface area contributed by atoms with Gasteiger partial charge >= 0.3 is 0 Å².